The second-order valence-electron chi connectivity index (χ2n) is 3.09. The molecule has 0 amide bonds. The molecular weight excluding hydrogens is 210 g/mol. The Morgan fingerprint density at radius 2 is 2.27 bits per heavy atom. The van der Waals surface area contributed by atoms with Gasteiger partial charge in [0.2, 0.25) is 4.96 Å². The van der Waals surface area contributed by atoms with Crippen molar-refractivity contribution in [1.82, 2.24) is 24.8 Å². The topological polar surface area (TPSA) is 56.0 Å². The lowest BCUT2D eigenvalue weighted by molar-refractivity contribution is 0.897. The predicted molar refractivity (Wildman–Crippen MR) is 56.6 cm³/mol. The van der Waals surface area contributed by atoms with Gasteiger partial charge in [0.15, 0.2) is 5.82 Å². The highest BCUT2D eigenvalue weighted by atomic mass is 32.1. The third-order valence-corrected chi connectivity index (χ3v) is 3.00. The molecule has 74 valence electrons. The maximum absolute atomic E-state index is 4.41. The van der Waals surface area contributed by atoms with Crippen LogP contribution in [0.15, 0.2) is 24.5 Å². The second-order valence-corrected chi connectivity index (χ2v) is 4.05. The summed E-state index contributed by atoms with van der Waals surface area (Å²) in [5.74, 6) is 0.802. The minimum Gasteiger partial charge on any atom is -0.264 e. The summed E-state index contributed by atoms with van der Waals surface area (Å²) in [7, 11) is 0. The summed E-state index contributed by atoms with van der Waals surface area (Å²) in [4.78, 5) is 4.87. The van der Waals surface area contributed by atoms with Gasteiger partial charge in [0.05, 0.1) is 0 Å². The Bertz CT molecular complexity index is 597. The number of aryl methyl sites for hydroxylation is 1. The van der Waals surface area contributed by atoms with Crippen LogP contribution in [0.3, 0.4) is 0 Å². The Hall–Kier alpha value is -1.82. The lowest BCUT2D eigenvalue weighted by Gasteiger charge is -1.91. The molecule has 0 bridgehead atoms. The van der Waals surface area contributed by atoms with Crippen LogP contribution in [0.25, 0.3) is 15.5 Å². The van der Waals surface area contributed by atoms with E-state index in [4.69, 9.17) is 0 Å². The summed E-state index contributed by atoms with van der Waals surface area (Å²) >= 11 is 1.51. The highest BCUT2D eigenvalue weighted by Crippen LogP contribution is 2.23. The van der Waals surface area contributed by atoms with Crippen LogP contribution < -0.4 is 0 Å². The van der Waals surface area contributed by atoms with E-state index in [1.807, 2.05) is 19.1 Å². The zero-order chi connectivity index (χ0) is 10.3. The standard InChI is InChI=1S/C9H7N5S/c1-6-11-12-9-14(6)13-8(15-9)7-3-2-4-10-5-7/h2-5H,1H3. The second kappa shape index (κ2) is 3.09. The largest absolute Gasteiger partial charge is 0.264 e. The lowest BCUT2D eigenvalue weighted by Crippen LogP contribution is -1.88. The van der Waals surface area contributed by atoms with Crippen LogP contribution in [0.4, 0.5) is 0 Å². The average molecular weight is 217 g/mol. The van der Waals surface area contributed by atoms with Crippen molar-refractivity contribution < 1.29 is 0 Å². The van der Waals surface area contributed by atoms with Crippen molar-refractivity contribution in [1.29, 1.82) is 0 Å². The van der Waals surface area contributed by atoms with Crippen molar-refractivity contribution in [3.8, 4) is 10.6 Å². The third-order valence-electron chi connectivity index (χ3n) is 2.06. The molecule has 3 heterocycles. The van der Waals surface area contributed by atoms with Gasteiger partial charge >= 0.3 is 0 Å². The van der Waals surface area contributed by atoms with Crippen molar-refractivity contribution in [3.63, 3.8) is 0 Å². The van der Waals surface area contributed by atoms with Gasteiger partial charge in [-0.25, -0.2) is 0 Å². The molecular formula is C9H7N5S. The molecule has 6 heteroatoms. The predicted octanol–water partition coefficient (Wildman–Crippen LogP) is 1.56. The minimum atomic E-state index is 0.802. The number of hydrogen-bond donors (Lipinski definition) is 0. The first kappa shape index (κ1) is 8.49. The number of pyridine rings is 1. The van der Waals surface area contributed by atoms with Crippen LogP contribution in [0.1, 0.15) is 5.82 Å². The van der Waals surface area contributed by atoms with Crippen LogP contribution in [-0.2, 0) is 0 Å². The fraction of sp³-hybridized carbons (Fsp3) is 0.111. The Morgan fingerprint density at radius 1 is 1.33 bits per heavy atom. The Kier molecular flexibility index (Phi) is 1.75. The maximum Gasteiger partial charge on any atom is 0.234 e. The van der Waals surface area contributed by atoms with E-state index in [2.05, 4.69) is 20.3 Å². The maximum atomic E-state index is 4.41. The highest BCUT2D eigenvalue weighted by Gasteiger charge is 2.09. The van der Waals surface area contributed by atoms with Crippen molar-refractivity contribution in [2.75, 3.05) is 0 Å². The van der Waals surface area contributed by atoms with Crippen LogP contribution in [0.2, 0.25) is 0 Å². The van der Waals surface area contributed by atoms with Gasteiger partial charge in [0.1, 0.15) is 5.01 Å². The quantitative estimate of drug-likeness (QED) is 0.620. The van der Waals surface area contributed by atoms with Gasteiger partial charge in [0.25, 0.3) is 0 Å². The average Bonchev–Trinajstić information content (AvgIpc) is 2.83. The van der Waals surface area contributed by atoms with E-state index in [1.165, 1.54) is 11.3 Å². The molecule has 0 aromatic carbocycles. The Labute approximate surface area is 89.4 Å². The molecule has 5 nitrogen and oxygen atoms in total. The molecule has 0 aliphatic heterocycles. The van der Waals surface area contributed by atoms with Gasteiger partial charge in [-0.1, -0.05) is 11.3 Å². The van der Waals surface area contributed by atoms with Crippen LogP contribution >= 0.6 is 11.3 Å². The molecule has 3 aromatic heterocycles. The zero-order valence-electron chi connectivity index (χ0n) is 7.95. The van der Waals surface area contributed by atoms with Crippen molar-refractivity contribution in [2.24, 2.45) is 0 Å². The fourth-order valence-electron chi connectivity index (χ4n) is 1.32. The molecule has 3 rings (SSSR count). The van der Waals surface area contributed by atoms with Crippen LogP contribution in [0, 0.1) is 6.92 Å². The third kappa shape index (κ3) is 1.30. The van der Waals surface area contributed by atoms with E-state index in [0.29, 0.717) is 0 Å². The van der Waals surface area contributed by atoms with E-state index in [9.17, 15) is 0 Å². The van der Waals surface area contributed by atoms with E-state index in [1.54, 1.807) is 16.9 Å². The fourth-order valence-corrected chi connectivity index (χ4v) is 2.20. The summed E-state index contributed by atoms with van der Waals surface area (Å²) in [6.45, 7) is 1.88. The van der Waals surface area contributed by atoms with Crippen LogP contribution in [0.5, 0.6) is 0 Å². The molecule has 0 N–H and O–H groups in total. The molecule has 0 unspecified atom stereocenters. The molecule has 0 aliphatic rings. The van der Waals surface area contributed by atoms with E-state index >= 15 is 0 Å². The molecule has 15 heavy (non-hydrogen) atoms. The van der Waals surface area contributed by atoms with Crippen LogP contribution in [-0.4, -0.2) is 24.8 Å². The van der Waals surface area contributed by atoms with E-state index in [0.717, 1.165) is 21.4 Å². The summed E-state index contributed by atoms with van der Waals surface area (Å²) in [5, 5.41) is 13.3. The molecule has 0 saturated carbocycles. The van der Waals surface area contributed by atoms with E-state index < -0.39 is 0 Å². The molecule has 0 atom stereocenters. The number of aromatic nitrogens is 5. The van der Waals surface area contributed by atoms with Crippen molar-refractivity contribution in [2.45, 2.75) is 6.92 Å². The lowest BCUT2D eigenvalue weighted by atomic mass is 10.3. The first-order valence-electron chi connectivity index (χ1n) is 4.44. The van der Waals surface area contributed by atoms with Gasteiger partial charge < -0.3 is 0 Å². The van der Waals surface area contributed by atoms with Gasteiger partial charge in [-0.3, -0.25) is 4.98 Å². The molecule has 0 radical (unpaired) electrons. The molecule has 0 aliphatic carbocycles. The molecule has 3 aromatic rings. The monoisotopic (exact) mass is 217 g/mol. The Balaban J connectivity index is 2.20. The number of fused-ring (bicyclic) bond motifs is 1. The first-order valence-corrected chi connectivity index (χ1v) is 5.25. The number of rotatable bonds is 1. The van der Waals surface area contributed by atoms with Crippen molar-refractivity contribution >= 4 is 16.3 Å². The molecule has 0 fully saturated rings. The number of nitrogens with zero attached hydrogens (tertiary/aromatic N) is 5. The van der Waals surface area contributed by atoms with Crippen molar-refractivity contribution in [3.05, 3.63) is 30.4 Å². The summed E-state index contributed by atoms with van der Waals surface area (Å²) < 4.78 is 1.74. The van der Waals surface area contributed by atoms with Gasteiger partial charge in [-0.05, 0) is 19.1 Å². The van der Waals surface area contributed by atoms with Gasteiger partial charge in [-0.2, -0.15) is 9.61 Å². The SMILES string of the molecule is Cc1nnc2sc(-c3cccnc3)nn12. The van der Waals surface area contributed by atoms with Gasteiger partial charge in [-0.15, -0.1) is 10.2 Å². The normalized spacial score (nSPS) is 11.0. The minimum absolute atomic E-state index is 0.802. The molecule has 0 spiro atoms. The zero-order valence-corrected chi connectivity index (χ0v) is 8.77. The smallest absolute Gasteiger partial charge is 0.234 e. The molecule has 0 saturated heterocycles. The summed E-state index contributed by atoms with van der Waals surface area (Å²) in [6.07, 6.45) is 3.54. The number of hydrogen-bond acceptors (Lipinski definition) is 5. The summed E-state index contributed by atoms with van der Waals surface area (Å²) in [5.41, 5.74) is 1.01. The summed E-state index contributed by atoms with van der Waals surface area (Å²) in [6, 6.07) is 3.87. The van der Waals surface area contributed by atoms with Gasteiger partial charge in [0, 0.05) is 18.0 Å². The van der Waals surface area contributed by atoms with E-state index in [-0.39, 0.29) is 0 Å². The first-order chi connectivity index (χ1) is 7.34. The Morgan fingerprint density at radius 3 is 3.00 bits per heavy atom. The highest BCUT2D eigenvalue weighted by molar-refractivity contribution is 7.19.